The Labute approximate surface area is 107 Å². The predicted molar refractivity (Wildman–Crippen MR) is 67.1 cm³/mol. The second-order valence-corrected chi connectivity index (χ2v) is 4.64. The lowest BCUT2D eigenvalue weighted by molar-refractivity contribution is 0.0822. The van der Waals surface area contributed by atoms with Gasteiger partial charge in [-0.3, -0.25) is 4.79 Å². The van der Waals surface area contributed by atoms with Crippen molar-refractivity contribution in [3.63, 3.8) is 0 Å². The standard InChI is InChI=1S/C11H11BrN4O/c1-15(2)11(17)10-7-16(14-13-10)9-5-3-8(12)4-6-9/h3-7H,1-2H3. The third-order valence-corrected chi connectivity index (χ3v) is 2.74. The molecule has 0 spiro atoms. The third-order valence-electron chi connectivity index (χ3n) is 2.21. The Morgan fingerprint density at radius 1 is 1.29 bits per heavy atom. The van der Waals surface area contributed by atoms with Gasteiger partial charge in [0.2, 0.25) is 0 Å². The molecule has 0 aliphatic rings. The van der Waals surface area contributed by atoms with Crippen LogP contribution < -0.4 is 0 Å². The molecule has 0 radical (unpaired) electrons. The number of nitrogens with zero attached hydrogens (tertiary/aromatic N) is 4. The monoisotopic (exact) mass is 294 g/mol. The van der Waals surface area contributed by atoms with E-state index in [2.05, 4.69) is 26.2 Å². The van der Waals surface area contributed by atoms with Gasteiger partial charge in [0.1, 0.15) is 0 Å². The molecule has 0 N–H and O–H groups in total. The summed E-state index contributed by atoms with van der Waals surface area (Å²) in [5.41, 5.74) is 1.19. The lowest BCUT2D eigenvalue weighted by Crippen LogP contribution is -2.21. The van der Waals surface area contributed by atoms with Gasteiger partial charge in [-0.2, -0.15) is 0 Å². The summed E-state index contributed by atoms with van der Waals surface area (Å²) in [6.07, 6.45) is 1.62. The Hall–Kier alpha value is -1.69. The average Bonchev–Trinajstić information content (AvgIpc) is 2.78. The molecule has 0 aliphatic carbocycles. The van der Waals surface area contributed by atoms with Crippen molar-refractivity contribution in [2.75, 3.05) is 14.1 Å². The number of hydrogen-bond donors (Lipinski definition) is 0. The summed E-state index contributed by atoms with van der Waals surface area (Å²) in [6, 6.07) is 7.60. The van der Waals surface area contributed by atoms with E-state index < -0.39 is 0 Å². The van der Waals surface area contributed by atoms with Gasteiger partial charge in [0.15, 0.2) is 5.69 Å². The topological polar surface area (TPSA) is 51.0 Å². The molecule has 0 saturated carbocycles. The van der Waals surface area contributed by atoms with Gasteiger partial charge in [0.05, 0.1) is 11.9 Å². The van der Waals surface area contributed by atoms with Gasteiger partial charge in [0.25, 0.3) is 5.91 Å². The first kappa shape index (κ1) is 11.8. The molecule has 1 amide bonds. The van der Waals surface area contributed by atoms with Crippen molar-refractivity contribution in [1.82, 2.24) is 19.9 Å². The maximum atomic E-state index is 11.6. The molecule has 1 aromatic heterocycles. The van der Waals surface area contributed by atoms with E-state index >= 15 is 0 Å². The molecule has 6 heteroatoms. The lowest BCUT2D eigenvalue weighted by Gasteiger charge is -2.05. The molecule has 0 saturated heterocycles. The fourth-order valence-electron chi connectivity index (χ4n) is 1.31. The number of carbonyl (C=O) groups is 1. The first-order valence-corrected chi connectivity index (χ1v) is 5.77. The van der Waals surface area contributed by atoms with Crippen LogP contribution in [0, 0.1) is 0 Å². The van der Waals surface area contributed by atoms with E-state index in [-0.39, 0.29) is 5.91 Å². The molecule has 17 heavy (non-hydrogen) atoms. The summed E-state index contributed by atoms with van der Waals surface area (Å²) in [5.74, 6) is -0.159. The largest absolute Gasteiger partial charge is 0.343 e. The van der Waals surface area contributed by atoms with Gasteiger partial charge in [-0.15, -0.1) is 5.10 Å². The Bertz CT molecular complexity index is 533. The molecule has 2 rings (SSSR count). The molecule has 1 aromatic carbocycles. The summed E-state index contributed by atoms with van der Waals surface area (Å²) in [6.45, 7) is 0. The van der Waals surface area contributed by atoms with E-state index in [0.29, 0.717) is 5.69 Å². The maximum Gasteiger partial charge on any atom is 0.275 e. The van der Waals surface area contributed by atoms with Gasteiger partial charge in [0, 0.05) is 18.6 Å². The Balaban J connectivity index is 2.30. The highest BCUT2D eigenvalue weighted by atomic mass is 79.9. The van der Waals surface area contributed by atoms with Crippen molar-refractivity contribution in [2.45, 2.75) is 0 Å². The highest BCUT2D eigenvalue weighted by Gasteiger charge is 2.12. The predicted octanol–water partition coefficient (Wildman–Crippen LogP) is 1.73. The van der Waals surface area contributed by atoms with E-state index in [9.17, 15) is 4.79 Å². The molecular weight excluding hydrogens is 284 g/mol. The van der Waals surface area contributed by atoms with E-state index in [1.54, 1.807) is 25.0 Å². The average molecular weight is 295 g/mol. The normalized spacial score (nSPS) is 10.3. The van der Waals surface area contributed by atoms with Crippen molar-refractivity contribution < 1.29 is 4.79 Å². The van der Waals surface area contributed by atoms with Crippen LogP contribution in [0.2, 0.25) is 0 Å². The van der Waals surface area contributed by atoms with Gasteiger partial charge in [-0.05, 0) is 24.3 Å². The zero-order chi connectivity index (χ0) is 12.4. The van der Waals surface area contributed by atoms with Crippen LogP contribution in [0.4, 0.5) is 0 Å². The lowest BCUT2D eigenvalue weighted by atomic mass is 10.3. The van der Waals surface area contributed by atoms with Crippen LogP contribution in [0.3, 0.4) is 0 Å². The molecule has 0 bridgehead atoms. The maximum absolute atomic E-state index is 11.6. The molecular formula is C11H11BrN4O. The van der Waals surface area contributed by atoms with Crippen LogP contribution in [0.15, 0.2) is 34.9 Å². The van der Waals surface area contributed by atoms with Gasteiger partial charge >= 0.3 is 0 Å². The first-order chi connectivity index (χ1) is 8.08. The fourth-order valence-corrected chi connectivity index (χ4v) is 1.58. The summed E-state index contributed by atoms with van der Waals surface area (Å²) in [4.78, 5) is 13.1. The minimum atomic E-state index is -0.159. The van der Waals surface area contributed by atoms with Crippen molar-refractivity contribution in [3.05, 3.63) is 40.6 Å². The number of halogens is 1. The van der Waals surface area contributed by atoms with Crippen LogP contribution in [0.5, 0.6) is 0 Å². The fraction of sp³-hybridized carbons (Fsp3) is 0.182. The van der Waals surface area contributed by atoms with E-state index in [1.807, 2.05) is 24.3 Å². The number of rotatable bonds is 2. The van der Waals surface area contributed by atoms with Crippen molar-refractivity contribution in [2.24, 2.45) is 0 Å². The summed E-state index contributed by atoms with van der Waals surface area (Å²) in [5, 5.41) is 7.77. The van der Waals surface area contributed by atoms with Gasteiger partial charge < -0.3 is 4.90 Å². The molecule has 5 nitrogen and oxygen atoms in total. The van der Waals surface area contributed by atoms with Gasteiger partial charge in [-0.25, -0.2) is 4.68 Å². The molecule has 0 aliphatic heterocycles. The number of amides is 1. The summed E-state index contributed by atoms with van der Waals surface area (Å²) < 4.78 is 2.56. The minimum absolute atomic E-state index is 0.159. The third kappa shape index (κ3) is 2.52. The highest BCUT2D eigenvalue weighted by Crippen LogP contribution is 2.13. The molecule has 0 fully saturated rings. The molecule has 2 aromatic rings. The number of hydrogen-bond acceptors (Lipinski definition) is 3. The zero-order valence-electron chi connectivity index (χ0n) is 9.46. The van der Waals surface area contributed by atoms with Crippen LogP contribution in [0.1, 0.15) is 10.5 Å². The Morgan fingerprint density at radius 2 is 1.94 bits per heavy atom. The first-order valence-electron chi connectivity index (χ1n) is 4.98. The van der Waals surface area contributed by atoms with Crippen LogP contribution in [0.25, 0.3) is 5.69 Å². The molecule has 0 unspecified atom stereocenters. The zero-order valence-corrected chi connectivity index (χ0v) is 11.0. The molecule has 88 valence electrons. The minimum Gasteiger partial charge on any atom is -0.343 e. The Morgan fingerprint density at radius 3 is 2.53 bits per heavy atom. The van der Waals surface area contributed by atoms with Crippen LogP contribution >= 0.6 is 15.9 Å². The van der Waals surface area contributed by atoms with Crippen molar-refractivity contribution in [3.8, 4) is 5.69 Å². The SMILES string of the molecule is CN(C)C(=O)c1cn(-c2ccc(Br)cc2)nn1. The summed E-state index contributed by atoms with van der Waals surface area (Å²) in [7, 11) is 3.36. The smallest absolute Gasteiger partial charge is 0.275 e. The highest BCUT2D eigenvalue weighted by molar-refractivity contribution is 9.10. The van der Waals surface area contributed by atoms with Crippen molar-refractivity contribution >= 4 is 21.8 Å². The number of carbonyl (C=O) groups excluding carboxylic acids is 1. The molecule has 0 atom stereocenters. The Kier molecular flexibility index (Phi) is 3.23. The van der Waals surface area contributed by atoms with Crippen molar-refractivity contribution in [1.29, 1.82) is 0 Å². The quantitative estimate of drug-likeness (QED) is 0.848. The van der Waals surface area contributed by atoms with E-state index in [0.717, 1.165) is 10.2 Å². The van der Waals surface area contributed by atoms with E-state index in [1.165, 1.54) is 4.90 Å². The second-order valence-electron chi connectivity index (χ2n) is 3.72. The second kappa shape index (κ2) is 4.67. The van der Waals surface area contributed by atoms with Crippen LogP contribution in [-0.4, -0.2) is 39.9 Å². The van der Waals surface area contributed by atoms with Gasteiger partial charge in [-0.1, -0.05) is 21.1 Å². The number of benzene rings is 1. The summed E-state index contributed by atoms with van der Waals surface area (Å²) >= 11 is 3.36. The van der Waals surface area contributed by atoms with Crippen LogP contribution in [-0.2, 0) is 0 Å². The van der Waals surface area contributed by atoms with E-state index in [4.69, 9.17) is 0 Å². The molecule has 1 heterocycles. The number of aromatic nitrogens is 3.